The molecule has 2 aromatic rings. The first-order valence-corrected chi connectivity index (χ1v) is 10.1. The van der Waals surface area contributed by atoms with Crippen molar-refractivity contribution in [2.24, 2.45) is 0 Å². The first-order chi connectivity index (χ1) is 14.1. The number of amides is 2. The van der Waals surface area contributed by atoms with E-state index in [1.54, 1.807) is 11.1 Å². The standard InChI is InChI=1S/C22H28N4O3/c1-2-29-22(28)26-14-12-18(13-15-26)24-20-10-9-19(16-23-20)25-21(27)11-8-17-6-4-3-5-7-17/h3-7,9-10,16,18H,2,8,11-15H2,1H3,(H,23,24)(H,25,27). The van der Waals surface area contributed by atoms with Crippen molar-refractivity contribution in [3.63, 3.8) is 0 Å². The van der Waals surface area contributed by atoms with Gasteiger partial charge in [-0.25, -0.2) is 9.78 Å². The third-order valence-electron chi connectivity index (χ3n) is 4.90. The van der Waals surface area contributed by atoms with E-state index < -0.39 is 0 Å². The van der Waals surface area contributed by atoms with Gasteiger partial charge in [0.2, 0.25) is 5.91 Å². The lowest BCUT2D eigenvalue weighted by atomic mass is 10.1. The van der Waals surface area contributed by atoms with Gasteiger partial charge in [0, 0.05) is 25.6 Å². The van der Waals surface area contributed by atoms with Crippen LogP contribution in [0.5, 0.6) is 0 Å². The number of carbonyl (C=O) groups excluding carboxylic acids is 2. The predicted molar refractivity (Wildman–Crippen MR) is 113 cm³/mol. The van der Waals surface area contributed by atoms with E-state index in [4.69, 9.17) is 4.74 Å². The van der Waals surface area contributed by atoms with Crippen molar-refractivity contribution in [1.82, 2.24) is 9.88 Å². The Morgan fingerprint density at radius 3 is 2.55 bits per heavy atom. The van der Waals surface area contributed by atoms with Gasteiger partial charge in [0.25, 0.3) is 0 Å². The number of benzene rings is 1. The maximum atomic E-state index is 12.1. The third kappa shape index (κ3) is 6.48. The van der Waals surface area contributed by atoms with Crippen LogP contribution in [0.15, 0.2) is 48.7 Å². The number of nitrogens with one attached hydrogen (secondary N) is 2. The van der Waals surface area contributed by atoms with Crippen molar-refractivity contribution >= 4 is 23.5 Å². The van der Waals surface area contributed by atoms with Gasteiger partial charge < -0.3 is 20.3 Å². The lowest BCUT2D eigenvalue weighted by Crippen LogP contribution is -2.42. The Morgan fingerprint density at radius 1 is 1.14 bits per heavy atom. The van der Waals surface area contributed by atoms with Gasteiger partial charge in [-0.2, -0.15) is 0 Å². The lowest BCUT2D eigenvalue weighted by molar-refractivity contribution is -0.116. The van der Waals surface area contributed by atoms with E-state index >= 15 is 0 Å². The number of hydrogen-bond acceptors (Lipinski definition) is 5. The molecule has 0 atom stereocenters. The van der Waals surface area contributed by atoms with Crippen LogP contribution >= 0.6 is 0 Å². The molecule has 0 bridgehead atoms. The molecule has 2 amide bonds. The average Bonchev–Trinajstić information content (AvgIpc) is 2.75. The smallest absolute Gasteiger partial charge is 0.409 e. The maximum absolute atomic E-state index is 12.1. The van der Waals surface area contributed by atoms with E-state index in [1.165, 1.54) is 0 Å². The second-order valence-corrected chi connectivity index (χ2v) is 7.07. The molecule has 2 N–H and O–H groups in total. The summed E-state index contributed by atoms with van der Waals surface area (Å²) in [5.41, 5.74) is 1.83. The van der Waals surface area contributed by atoms with Gasteiger partial charge in [0.05, 0.1) is 18.5 Å². The Hall–Kier alpha value is -3.09. The van der Waals surface area contributed by atoms with Crippen LogP contribution in [-0.4, -0.2) is 47.6 Å². The van der Waals surface area contributed by atoms with E-state index in [2.05, 4.69) is 15.6 Å². The summed E-state index contributed by atoms with van der Waals surface area (Å²) in [5.74, 6) is 0.740. The Morgan fingerprint density at radius 2 is 1.90 bits per heavy atom. The van der Waals surface area contributed by atoms with Crippen LogP contribution in [0.25, 0.3) is 0 Å². The first-order valence-electron chi connectivity index (χ1n) is 10.1. The number of nitrogens with zero attached hydrogens (tertiary/aromatic N) is 2. The minimum absolute atomic E-state index is 0.0253. The van der Waals surface area contributed by atoms with Crippen LogP contribution in [0.3, 0.4) is 0 Å². The molecule has 1 fully saturated rings. The summed E-state index contributed by atoms with van der Waals surface area (Å²) < 4.78 is 5.04. The van der Waals surface area contributed by atoms with Crippen LogP contribution in [0, 0.1) is 0 Å². The maximum Gasteiger partial charge on any atom is 0.409 e. The number of piperidine rings is 1. The predicted octanol–water partition coefficient (Wildman–Crippen LogP) is 3.69. The summed E-state index contributed by atoms with van der Waals surface area (Å²) in [6, 6.07) is 13.9. The second kappa shape index (κ2) is 10.5. The summed E-state index contributed by atoms with van der Waals surface area (Å²) in [6.07, 6.45) is 4.26. The fourth-order valence-electron chi connectivity index (χ4n) is 3.31. The summed E-state index contributed by atoms with van der Waals surface area (Å²) in [5, 5.41) is 6.28. The number of likely N-dealkylation sites (tertiary alicyclic amines) is 1. The fourth-order valence-corrected chi connectivity index (χ4v) is 3.31. The molecule has 7 nitrogen and oxygen atoms in total. The highest BCUT2D eigenvalue weighted by Crippen LogP contribution is 2.17. The quantitative estimate of drug-likeness (QED) is 0.746. The van der Waals surface area contributed by atoms with Crippen molar-refractivity contribution in [2.45, 2.75) is 38.6 Å². The number of pyridine rings is 1. The molecule has 0 unspecified atom stereocenters. The van der Waals surface area contributed by atoms with Crippen LogP contribution in [0.1, 0.15) is 31.7 Å². The molecule has 0 radical (unpaired) electrons. The highest BCUT2D eigenvalue weighted by Gasteiger charge is 2.23. The lowest BCUT2D eigenvalue weighted by Gasteiger charge is -2.31. The molecule has 1 saturated heterocycles. The molecule has 1 aliphatic rings. The number of aromatic nitrogens is 1. The molecule has 0 spiro atoms. The summed E-state index contributed by atoms with van der Waals surface area (Å²) in [7, 11) is 0. The van der Waals surface area contributed by atoms with E-state index in [0.717, 1.165) is 24.2 Å². The molecule has 29 heavy (non-hydrogen) atoms. The zero-order chi connectivity index (χ0) is 20.5. The van der Waals surface area contributed by atoms with Gasteiger partial charge in [0.1, 0.15) is 5.82 Å². The van der Waals surface area contributed by atoms with Crippen LogP contribution in [0.4, 0.5) is 16.3 Å². The van der Waals surface area contributed by atoms with Crippen LogP contribution in [0.2, 0.25) is 0 Å². The Bertz CT molecular complexity index is 787. The molecule has 7 heteroatoms. The third-order valence-corrected chi connectivity index (χ3v) is 4.90. The average molecular weight is 396 g/mol. The van der Waals surface area contributed by atoms with Crippen molar-refractivity contribution in [3.05, 3.63) is 54.2 Å². The minimum atomic E-state index is -0.239. The highest BCUT2D eigenvalue weighted by atomic mass is 16.6. The molecule has 1 aliphatic heterocycles. The molecular formula is C22H28N4O3. The van der Waals surface area contributed by atoms with Crippen molar-refractivity contribution in [3.8, 4) is 0 Å². The summed E-state index contributed by atoms with van der Waals surface area (Å²) >= 11 is 0. The van der Waals surface area contributed by atoms with Crippen molar-refractivity contribution in [2.75, 3.05) is 30.3 Å². The Balaban J connectivity index is 1.41. The zero-order valence-corrected chi connectivity index (χ0v) is 16.8. The Labute approximate surface area is 171 Å². The van der Waals surface area contributed by atoms with Crippen molar-refractivity contribution in [1.29, 1.82) is 0 Å². The largest absolute Gasteiger partial charge is 0.450 e. The molecule has 0 saturated carbocycles. The number of carbonyl (C=O) groups is 2. The van der Waals surface area contributed by atoms with Crippen LogP contribution in [-0.2, 0) is 16.0 Å². The van der Waals surface area contributed by atoms with Crippen LogP contribution < -0.4 is 10.6 Å². The van der Waals surface area contributed by atoms with Gasteiger partial charge in [0.15, 0.2) is 0 Å². The van der Waals surface area contributed by atoms with E-state index in [-0.39, 0.29) is 18.0 Å². The zero-order valence-electron chi connectivity index (χ0n) is 16.8. The minimum Gasteiger partial charge on any atom is -0.450 e. The number of anilines is 2. The number of rotatable bonds is 7. The van der Waals surface area contributed by atoms with E-state index in [0.29, 0.717) is 38.2 Å². The normalized spacial score (nSPS) is 14.3. The fraction of sp³-hybridized carbons (Fsp3) is 0.409. The highest BCUT2D eigenvalue weighted by molar-refractivity contribution is 5.90. The SMILES string of the molecule is CCOC(=O)N1CCC(Nc2ccc(NC(=O)CCc3ccccc3)cn2)CC1. The van der Waals surface area contributed by atoms with Gasteiger partial charge in [-0.1, -0.05) is 30.3 Å². The monoisotopic (exact) mass is 396 g/mol. The molecule has 1 aromatic heterocycles. The molecule has 1 aromatic carbocycles. The van der Waals surface area contributed by atoms with E-state index in [1.807, 2.05) is 49.4 Å². The molecule has 0 aliphatic carbocycles. The molecular weight excluding hydrogens is 368 g/mol. The number of hydrogen-bond donors (Lipinski definition) is 2. The molecule has 3 rings (SSSR count). The molecule has 2 heterocycles. The van der Waals surface area contributed by atoms with Gasteiger partial charge >= 0.3 is 6.09 Å². The van der Waals surface area contributed by atoms with E-state index in [9.17, 15) is 9.59 Å². The summed E-state index contributed by atoms with van der Waals surface area (Å²) in [6.45, 7) is 3.56. The molecule has 154 valence electrons. The Kier molecular flexibility index (Phi) is 7.44. The first kappa shape index (κ1) is 20.6. The van der Waals surface area contributed by atoms with Gasteiger partial charge in [-0.3, -0.25) is 4.79 Å². The second-order valence-electron chi connectivity index (χ2n) is 7.07. The topological polar surface area (TPSA) is 83.6 Å². The van der Waals surface area contributed by atoms with Gasteiger partial charge in [-0.15, -0.1) is 0 Å². The summed E-state index contributed by atoms with van der Waals surface area (Å²) in [4.78, 5) is 30.0. The number of aryl methyl sites for hydroxylation is 1. The van der Waals surface area contributed by atoms with Crippen molar-refractivity contribution < 1.29 is 14.3 Å². The van der Waals surface area contributed by atoms with Gasteiger partial charge in [-0.05, 0) is 43.9 Å². The number of ether oxygens (including phenoxy) is 1.